The molecule has 1 unspecified atom stereocenters. The first-order chi connectivity index (χ1) is 5.74. The van der Waals surface area contributed by atoms with E-state index in [0.29, 0.717) is 13.0 Å². The van der Waals surface area contributed by atoms with Gasteiger partial charge < -0.3 is 10.5 Å². The SMILES string of the molecule is CCC(N)C(=O)OCCC1CC1. The second-order valence-electron chi connectivity index (χ2n) is 3.41. The van der Waals surface area contributed by atoms with E-state index in [4.69, 9.17) is 10.5 Å². The number of ether oxygens (including phenoxy) is 1. The number of hydrogen-bond donors (Lipinski definition) is 1. The van der Waals surface area contributed by atoms with Crippen molar-refractivity contribution < 1.29 is 9.53 Å². The lowest BCUT2D eigenvalue weighted by molar-refractivity contribution is -0.145. The van der Waals surface area contributed by atoms with Crippen LogP contribution in [0.4, 0.5) is 0 Å². The van der Waals surface area contributed by atoms with E-state index >= 15 is 0 Å². The van der Waals surface area contributed by atoms with Gasteiger partial charge in [-0.15, -0.1) is 0 Å². The van der Waals surface area contributed by atoms with E-state index in [2.05, 4.69) is 0 Å². The van der Waals surface area contributed by atoms with E-state index in [1.54, 1.807) is 0 Å². The van der Waals surface area contributed by atoms with E-state index in [9.17, 15) is 4.79 Å². The van der Waals surface area contributed by atoms with Crippen molar-refractivity contribution in [3.05, 3.63) is 0 Å². The van der Waals surface area contributed by atoms with Gasteiger partial charge >= 0.3 is 5.97 Å². The molecule has 2 N–H and O–H groups in total. The third kappa shape index (κ3) is 3.22. The van der Waals surface area contributed by atoms with Gasteiger partial charge in [0.25, 0.3) is 0 Å². The van der Waals surface area contributed by atoms with Crippen LogP contribution in [-0.4, -0.2) is 18.6 Å². The molecule has 1 saturated carbocycles. The van der Waals surface area contributed by atoms with Crippen molar-refractivity contribution >= 4 is 5.97 Å². The summed E-state index contributed by atoms with van der Waals surface area (Å²) in [6, 6.07) is -0.427. The van der Waals surface area contributed by atoms with Crippen LogP contribution in [0.15, 0.2) is 0 Å². The van der Waals surface area contributed by atoms with Crippen molar-refractivity contribution in [2.24, 2.45) is 11.7 Å². The zero-order chi connectivity index (χ0) is 8.97. The molecule has 3 nitrogen and oxygen atoms in total. The van der Waals surface area contributed by atoms with Crippen molar-refractivity contribution in [2.75, 3.05) is 6.61 Å². The Morgan fingerprint density at radius 1 is 1.67 bits per heavy atom. The van der Waals surface area contributed by atoms with E-state index in [-0.39, 0.29) is 5.97 Å². The average molecular weight is 171 g/mol. The molecule has 3 heteroatoms. The summed E-state index contributed by atoms with van der Waals surface area (Å²) in [5, 5.41) is 0. The van der Waals surface area contributed by atoms with E-state index < -0.39 is 6.04 Å². The summed E-state index contributed by atoms with van der Waals surface area (Å²) in [4.78, 5) is 11.0. The van der Waals surface area contributed by atoms with E-state index in [1.165, 1.54) is 12.8 Å². The topological polar surface area (TPSA) is 52.3 Å². The molecule has 0 radical (unpaired) electrons. The fraction of sp³-hybridized carbons (Fsp3) is 0.889. The predicted molar refractivity (Wildman–Crippen MR) is 46.6 cm³/mol. The van der Waals surface area contributed by atoms with Gasteiger partial charge in [0.15, 0.2) is 0 Å². The van der Waals surface area contributed by atoms with Crippen LogP contribution < -0.4 is 5.73 Å². The monoisotopic (exact) mass is 171 g/mol. The van der Waals surface area contributed by atoms with Crippen LogP contribution >= 0.6 is 0 Å². The molecule has 1 aliphatic carbocycles. The van der Waals surface area contributed by atoms with Gasteiger partial charge in [-0.1, -0.05) is 19.8 Å². The lowest BCUT2D eigenvalue weighted by Gasteiger charge is -2.08. The molecule has 12 heavy (non-hydrogen) atoms. The molecule has 0 aliphatic heterocycles. The highest BCUT2D eigenvalue weighted by Gasteiger charge is 2.21. The lowest BCUT2D eigenvalue weighted by atomic mass is 10.2. The van der Waals surface area contributed by atoms with Crippen LogP contribution in [0.25, 0.3) is 0 Å². The highest BCUT2D eigenvalue weighted by atomic mass is 16.5. The first-order valence-electron chi connectivity index (χ1n) is 4.66. The van der Waals surface area contributed by atoms with Gasteiger partial charge in [0.2, 0.25) is 0 Å². The van der Waals surface area contributed by atoms with Crippen LogP contribution in [0.3, 0.4) is 0 Å². The van der Waals surface area contributed by atoms with Crippen molar-refractivity contribution in [2.45, 2.75) is 38.6 Å². The Balaban J connectivity index is 2.00. The zero-order valence-electron chi connectivity index (χ0n) is 7.58. The molecule has 0 saturated heterocycles. The standard InChI is InChI=1S/C9H17NO2/c1-2-8(10)9(11)12-6-5-7-3-4-7/h7-8H,2-6,10H2,1H3. The van der Waals surface area contributed by atoms with Gasteiger partial charge in [0, 0.05) is 0 Å². The Kier molecular flexibility index (Phi) is 3.53. The summed E-state index contributed by atoms with van der Waals surface area (Å²) in [5.41, 5.74) is 5.47. The van der Waals surface area contributed by atoms with Crippen LogP contribution in [0, 0.1) is 5.92 Å². The summed E-state index contributed by atoms with van der Waals surface area (Å²) >= 11 is 0. The molecule has 70 valence electrons. The van der Waals surface area contributed by atoms with Crippen LogP contribution in [0.5, 0.6) is 0 Å². The maximum atomic E-state index is 11.0. The van der Waals surface area contributed by atoms with Gasteiger partial charge in [-0.25, -0.2) is 0 Å². The maximum absolute atomic E-state index is 11.0. The Bertz CT molecular complexity index is 155. The van der Waals surface area contributed by atoms with Gasteiger partial charge in [0.1, 0.15) is 6.04 Å². The normalized spacial score (nSPS) is 18.8. The first-order valence-corrected chi connectivity index (χ1v) is 4.66. The molecule has 0 bridgehead atoms. The summed E-state index contributed by atoms with van der Waals surface area (Å²) in [6.45, 7) is 2.43. The van der Waals surface area contributed by atoms with Crippen LogP contribution in [0.2, 0.25) is 0 Å². The highest BCUT2D eigenvalue weighted by molar-refractivity contribution is 5.75. The van der Waals surface area contributed by atoms with E-state index in [0.717, 1.165) is 12.3 Å². The lowest BCUT2D eigenvalue weighted by Crippen LogP contribution is -2.31. The first kappa shape index (κ1) is 9.52. The number of nitrogens with two attached hydrogens (primary N) is 1. The molecular formula is C9H17NO2. The average Bonchev–Trinajstić information content (AvgIpc) is 2.86. The van der Waals surface area contributed by atoms with Gasteiger partial charge in [-0.05, 0) is 18.8 Å². The highest BCUT2D eigenvalue weighted by Crippen LogP contribution is 2.32. The molecule has 1 aliphatic rings. The number of carbonyl (C=O) groups excluding carboxylic acids is 1. The Labute approximate surface area is 73.3 Å². The summed E-state index contributed by atoms with van der Waals surface area (Å²) in [5.74, 6) is 0.564. The minimum atomic E-state index is -0.427. The number of rotatable bonds is 5. The molecule has 0 heterocycles. The Hall–Kier alpha value is -0.570. The third-order valence-corrected chi connectivity index (χ3v) is 2.21. The van der Waals surface area contributed by atoms with Crippen molar-refractivity contribution in [1.82, 2.24) is 0 Å². The van der Waals surface area contributed by atoms with Gasteiger partial charge in [-0.2, -0.15) is 0 Å². The number of esters is 1. The van der Waals surface area contributed by atoms with Gasteiger partial charge in [0.05, 0.1) is 6.61 Å². The molecule has 1 atom stereocenters. The largest absolute Gasteiger partial charge is 0.465 e. The molecule has 0 amide bonds. The Morgan fingerprint density at radius 2 is 2.33 bits per heavy atom. The van der Waals surface area contributed by atoms with Crippen molar-refractivity contribution in [3.63, 3.8) is 0 Å². The van der Waals surface area contributed by atoms with Crippen LogP contribution in [0.1, 0.15) is 32.6 Å². The second kappa shape index (κ2) is 4.45. The molecular weight excluding hydrogens is 154 g/mol. The number of hydrogen-bond acceptors (Lipinski definition) is 3. The summed E-state index contributed by atoms with van der Waals surface area (Å²) in [7, 11) is 0. The molecule has 1 fully saturated rings. The second-order valence-corrected chi connectivity index (χ2v) is 3.41. The molecule has 1 rings (SSSR count). The summed E-state index contributed by atoms with van der Waals surface area (Å²) in [6.07, 6.45) is 4.28. The minimum absolute atomic E-state index is 0.252. The quantitative estimate of drug-likeness (QED) is 0.629. The number of carbonyl (C=O) groups is 1. The van der Waals surface area contributed by atoms with E-state index in [1.807, 2.05) is 6.92 Å². The minimum Gasteiger partial charge on any atom is -0.465 e. The zero-order valence-corrected chi connectivity index (χ0v) is 7.58. The smallest absolute Gasteiger partial charge is 0.322 e. The molecule has 0 spiro atoms. The van der Waals surface area contributed by atoms with Crippen molar-refractivity contribution in [3.8, 4) is 0 Å². The predicted octanol–water partition coefficient (Wildman–Crippen LogP) is 1.07. The van der Waals surface area contributed by atoms with Gasteiger partial charge in [-0.3, -0.25) is 4.79 Å². The van der Waals surface area contributed by atoms with Crippen LogP contribution in [-0.2, 0) is 9.53 Å². The fourth-order valence-corrected chi connectivity index (χ4v) is 1.01. The van der Waals surface area contributed by atoms with Crippen molar-refractivity contribution in [1.29, 1.82) is 0 Å². The molecule has 0 aromatic rings. The summed E-state index contributed by atoms with van der Waals surface area (Å²) < 4.78 is 4.98. The molecule has 0 aromatic heterocycles. The third-order valence-electron chi connectivity index (χ3n) is 2.21. The molecule has 0 aromatic carbocycles. The maximum Gasteiger partial charge on any atom is 0.322 e. The fourth-order valence-electron chi connectivity index (χ4n) is 1.01. The Morgan fingerprint density at radius 3 is 2.83 bits per heavy atom.